The van der Waals surface area contributed by atoms with Crippen LogP contribution in [0.5, 0.6) is 0 Å². The molecule has 132 valence electrons. The van der Waals surface area contributed by atoms with Gasteiger partial charge in [-0.05, 0) is 50.4 Å². The van der Waals surface area contributed by atoms with Crippen molar-refractivity contribution >= 4 is 28.3 Å². The highest BCUT2D eigenvalue weighted by Gasteiger charge is 2.24. The number of pyridine rings is 1. The molecular weight excluding hydrogens is 336 g/mol. The minimum absolute atomic E-state index is 0.308. The Labute approximate surface area is 153 Å². The van der Waals surface area contributed by atoms with Gasteiger partial charge < -0.3 is 15.4 Å². The molecule has 1 aliphatic rings. The van der Waals surface area contributed by atoms with Crippen LogP contribution in [0.1, 0.15) is 29.5 Å². The molecule has 2 N–H and O–H groups in total. The first-order valence-electron chi connectivity index (χ1n) is 8.60. The van der Waals surface area contributed by atoms with Crippen LogP contribution in [0.2, 0.25) is 5.02 Å². The van der Waals surface area contributed by atoms with E-state index in [1.807, 2.05) is 19.1 Å². The van der Waals surface area contributed by atoms with Gasteiger partial charge in [0.2, 0.25) is 0 Å². The van der Waals surface area contributed by atoms with Gasteiger partial charge in [0.1, 0.15) is 11.9 Å². The lowest BCUT2D eigenvalue weighted by Crippen LogP contribution is -2.37. The fourth-order valence-electron chi connectivity index (χ4n) is 3.62. The summed E-state index contributed by atoms with van der Waals surface area (Å²) in [6.07, 6.45) is 2.87. The van der Waals surface area contributed by atoms with Crippen LogP contribution in [-0.2, 0) is 11.2 Å². The molecule has 0 aliphatic carbocycles. The SMILES string of the molecule is COC1CCN(c2nc3ccc(Cl)c(CCN)c3c(C#N)c2C)CC1. The Morgan fingerprint density at radius 3 is 2.72 bits per heavy atom. The average Bonchev–Trinajstić information content (AvgIpc) is 2.64. The lowest BCUT2D eigenvalue weighted by Gasteiger charge is -2.33. The topological polar surface area (TPSA) is 75.2 Å². The lowest BCUT2D eigenvalue weighted by molar-refractivity contribution is 0.0818. The number of nitrogens with zero attached hydrogens (tertiary/aromatic N) is 3. The number of aromatic nitrogens is 1. The second-order valence-corrected chi connectivity index (χ2v) is 6.84. The summed E-state index contributed by atoms with van der Waals surface area (Å²) in [7, 11) is 1.76. The molecule has 1 aromatic heterocycles. The summed E-state index contributed by atoms with van der Waals surface area (Å²) >= 11 is 6.37. The molecule has 3 rings (SSSR count). The number of hydrogen-bond donors (Lipinski definition) is 1. The molecule has 5 nitrogen and oxygen atoms in total. The van der Waals surface area contributed by atoms with Crippen molar-refractivity contribution < 1.29 is 4.74 Å². The molecule has 0 radical (unpaired) electrons. The molecular formula is C19H23ClN4O. The minimum Gasteiger partial charge on any atom is -0.381 e. The van der Waals surface area contributed by atoms with Crippen LogP contribution < -0.4 is 10.6 Å². The van der Waals surface area contributed by atoms with E-state index in [1.165, 1.54) is 0 Å². The number of rotatable bonds is 4. The number of ether oxygens (including phenoxy) is 1. The molecule has 25 heavy (non-hydrogen) atoms. The molecule has 0 unspecified atom stereocenters. The third-order valence-corrected chi connectivity index (χ3v) is 5.36. The van der Waals surface area contributed by atoms with Gasteiger partial charge in [0, 0.05) is 36.2 Å². The van der Waals surface area contributed by atoms with E-state index < -0.39 is 0 Å². The smallest absolute Gasteiger partial charge is 0.133 e. The first kappa shape index (κ1) is 17.9. The molecule has 0 spiro atoms. The van der Waals surface area contributed by atoms with Crippen LogP contribution in [0.25, 0.3) is 10.9 Å². The minimum atomic E-state index is 0.308. The molecule has 2 heterocycles. The number of methoxy groups -OCH3 is 1. The summed E-state index contributed by atoms with van der Waals surface area (Å²) in [5, 5.41) is 11.3. The van der Waals surface area contributed by atoms with Crippen molar-refractivity contribution in [3.63, 3.8) is 0 Å². The Morgan fingerprint density at radius 1 is 1.40 bits per heavy atom. The zero-order valence-electron chi connectivity index (χ0n) is 14.7. The van der Waals surface area contributed by atoms with Gasteiger partial charge in [-0.3, -0.25) is 0 Å². The van der Waals surface area contributed by atoms with Crippen molar-refractivity contribution in [2.75, 3.05) is 31.6 Å². The van der Waals surface area contributed by atoms with Crippen molar-refractivity contribution in [3.05, 3.63) is 33.8 Å². The number of fused-ring (bicyclic) bond motifs is 1. The Kier molecular flexibility index (Phi) is 5.43. The summed E-state index contributed by atoms with van der Waals surface area (Å²) in [4.78, 5) is 7.13. The maximum Gasteiger partial charge on any atom is 0.133 e. The number of benzene rings is 1. The van der Waals surface area contributed by atoms with E-state index in [9.17, 15) is 5.26 Å². The summed E-state index contributed by atoms with van der Waals surface area (Å²) in [6, 6.07) is 6.11. The molecule has 0 saturated carbocycles. The van der Waals surface area contributed by atoms with Gasteiger partial charge in [-0.1, -0.05) is 11.6 Å². The summed E-state index contributed by atoms with van der Waals surface area (Å²) in [6.45, 7) is 4.21. The van der Waals surface area contributed by atoms with Crippen LogP contribution in [0, 0.1) is 18.3 Å². The monoisotopic (exact) mass is 358 g/mol. The number of anilines is 1. The first-order valence-corrected chi connectivity index (χ1v) is 8.98. The van der Waals surface area contributed by atoms with Crippen molar-refractivity contribution in [3.8, 4) is 6.07 Å². The standard InChI is InChI=1S/C19H23ClN4O/c1-12-15(11-22)18-14(5-8-21)16(20)3-4-17(18)23-19(12)24-9-6-13(25-2)7-10-24/h3-4,13H,5-10,21H2,1-2H3. The summed E-state index contributed by atoms with van der Waals surface area (Å²) in [5.74, 6) is 0.889. The lowest BCUT2D eigenvalue weighted by atomic mass is 9.97. The molecule has 0 atom stereocenters. The highest BCUT2D eigenvalue weighted by molar-refractivity contribution is 6.32. The molecule has 1 fully saturated rings. The number of nitrogens with two attached hydrogens (primary N) is 1. The van der Waals surface area contributed by atoms with E-state index in [4.69, 9.17) is 27.1 Å². The van der Waals surface area contributed by atoms with Crippen molar-refractivity contribution in [2.24, 2.45) is 5.73 Å². The quantitative estimate of drug-likeness (QED) is 0.908. The maximum absolute atomic E-state index is 9.81. The van der Waals surface area contributed by atoms with Gasteiger partial charge in [0.15, 0.2) is 0 Å². The van der Waals surface area contributed by atoms with Crippen LogP contribution in [0.4, 0.5) is 5.82 Å². The second kappa shape index (κ2) is 7.57. The van der Waals surface area contributed by atoms with Gasteiger partial charge in [0.05, 0.1) is 17.2 Å². The van der Waals surface area contributed by atoms with E-state index in [0.717, 1.165) is 53.8 Å². The Balaban J connectivity index is 2.13. The first-order chi connectivity index (χ1) is 12.1. The molecule has 6 heteroatoms. The Hall–Kier alpha value is -1.87. The number of nitriles is 1. The Morgan fingerprint density at radius 2 is 2.12 bits per heavy atom. The van der Waals surface area contributed by atoms with E-state index in [-0.39, 0.29) is 0 Å². The average molecular weight is 359 g/mol. The highest BCUT2D eigenvalue weighted by atomic mass is 35.5. The predicted octanol–water partition coefficient (Wildman–Crippen LogP) is 3.18. The highest BCUT2D eigenvalue weighted by Crippen LogP contribution is 2.34. The zero-order chi connectivity index (χ0) is 18.0. The largest absolute Gasteiger partial charge is 0.381 e. The fourth-order valence-corrected chi connectivity index (χ4v) is 3.87. The maximum atomic E-state index is 9.81. The van der Waals surface area contributed by atoms with Crippen LogP contribution in [0.15, 0.2) is 12.1 Å². The molecule has 1 aromatic carbocycles. The summed E-state index contributed by atoms with van der Waals surface area (Å²) < 4.78 is 5.45. The Bertz CT molecular complexity index is 823. The zero-order valence-corrected chi connectivity index (χ0v) is 15.4. The number of hydrogen-bond acceptors (Lipinski definition) is 5. The van der Waals surface area contributed by atoms with Gasteiger partial charge in [-0.2, -0.15) is 5.26 Å². The molecule has 1 aliphatic heterocycles. The van der Waals surface area contributed by atoms with Crippen molar-refractivity contribution in [2.45, 2.75) is 32.3 Å². The molecule has 0 bridgehead atoms. The molecule has 0 amide bonds. The molecule has 2 aromatic rings. The van der Waals surface area contributed by atoms with E-state index >= 15 is 0 Å². The van der Waals surface area contributed by atoms with E-state index in [0.29, 0.717) is 29.7 Å². The van der Waals surface area contributed by atoms with Gasteiger partial charge in [-0.15, -0.1) is 0 Å². The second-order valence-electron chi connectivity index (χ2n) is 6.43. The van der Waals surface area contributed by atoms with Crippen LogP contribution in [-0.4, -0.2) is 37.8 Å². The van der Waals surface area contributed by atoms with E-state index in [1.54, 1.807) is 7.11 Å². The summed E-state index contributed by atoms with van der Waals surface area (Å²) in [5.41, 5.74) is 9.02. The third-order valence-electron chi connectivity index (χ3n) is 5.00. The number of halogens is 1. The third kappa shape index (κ3) is 3.30. The van der Waals surface area contributed by atoms with Crippen LogP contribution in [0.3, 0.4) is 0 Å². The predicted molar refractivity (Wildman–Crippen MR) is 101 cm³/mol. The molecule has 1 saturated heterocycles. The number of piperidine rings is 1. The van der Waals surface area contributed by atoms with Gasteiger partial charge in [-0.25, -0.2) is 4.98 Å². The van der Waals surface area contributed by atoms with Gasteiger partial charge >= 0.3 is 0 Å². The fraction of sp³-hybridized carbons (Fsp3) is 0.474. The van der Waals surface area contributed by atoms with Crippen molar-refractivity contribution in [1.29, 1.82) is 5.26 Å². The van der Waals surface area contributed by atoms with Crippen molar-refractivity contribution in [1.82, 2.24) is 4.98 Å². The normalized spacial score (nSPS) is 15.6. The van der Waals surface area contributed by atoms with E-state index in [2.05, 4.69) is 11.0 Å². The van der Waals surface area contributed by atoms with Gasteiger partial charge in [0.25, 0.3) is 0 Å². The van der Waals surface area contributed by atoms with Crippen LogP contribution >= 0.6 is 11.6 Å².